The molecular formula is C19H20ClN3O3S. The Kier molecular flexibility index (Phi) is 6.36. The van der Waals surface area contributed by atoms with Crippen molar-refractivity contribution in [2.24, 2.45) is 0 Å². The molecule has 0 bridgehead atoms. The zero-order valence-electron chi connectivity index (χ0n) is 14.9. The first-order chi connectivity index (χ1) is 13.0. The van der Waals surface area contributed by atoms with Gasteiger partial charge in [0.2, 0.25) is 0 Å². The minimum Gasteiger partial charge on any atom is -0.336 e. The first-order valence-corrected chi connectivity index (χ1v) is 9.94. The van der Waals surface area contributed by atoms with Gasteiger partial charge in [0, 0.05) is 48.6 Å². The quantitative estimate of drug-likeness (QED) is 0.428. The van der Waals surface area contributed by atoms with Gasteiger partial charge >= 0.3 is 0 Å². The number of hydrogen-bond donors (Lipinski definition) is 0. The largest absolute Gasteiger partial charge is 0.336 e. The molecule has 0 saturated carbocycles. The maximum absolute atomic E-state index is 12.7. The van der Waals surface area contributed by atoms with Crippen LogP contribution in [0.25, 0.3) is 0 Å². The number of amides is 1. The molecule has 142 valence electrons. The summed E-state index contributed by atoms with van der Waals surface area (Å²) in [5, 5.41) is 12.2. The Hall–Kier alpha value is -2.09. The van der Waals surface area contributed by atoms with Crippen molar-refractivity contribution in [2.75, 3.05) is 33.2 Å². The molecule has 0 N–H and O–H groups in total. The second-order valence-corrected chi connectivity index (χ2v) is 7.84. The van der Waals surface area contributed by atoms with Crippen LogP contribution >= 0.6 is 23.4 Å². The van der Waals surface area contributed by atoms with Crippen LogP contribution in [0.2, 0.25) is 5.02 Å². The number of nitro benzene ring substituents is 1. The maximum atomic E-state index is 12.7. The molecule has 2 aromatic carbocycles. The van der Waals surface area contributed by atoms with Gasteiger partial charge in [0.25, 0.3) is 11.6 Å². The Morgan fingerprint density at radius 3 is 2.56 bits per heavy atom. The summed E-state index contributed by atoms with van der Waals surface area (Å²) in [6, 6.07) is 12.1. The van der Waals surface area contributed by atoms with Crippen LogP contribution in [-0.2, 0) is 5.75 Å². The lowest BCUT2D eigenvalue weighted by atomic mass is 10.1. The highest BCUT2D eigenvalue weighted by Gasteiger charge is 2.23. The van der Waals surface area contributed by atoms with Crippen LogP contribution in [0.5, 0.6) is 0 Å². The maximum Gasteiger partial charge on any atom is 0.283 e. The molecule has 0 radical (unpaired) electrons. The summed E-state index contributed by atoms with van der Waals surface area (Å²) in [5.41, 5.74) is 1.22. The lowest BCUT2D eigenvalue weighted by Gasteiger charge is -2.32. The van der Waals surface area contributed by atoms with Crippen molar-refractivity contribution in [3.05, 3.63) is 68.7 Å². The molecule has 3 rings (SSSR count). The highest BCUT2D eigenvalue weighted by molar-refractivity contribution is 7.98. The summed E-state index contributed by atoms with van der Waals surface area (Å²) in [6.07, 6.45) is 0. The van der Waals surface area contributed by atoms with Gasteiger partial charge in [-0.2, -0.15) is 0 Å². The summed E-state index contributed by atoms with van der Waals surface area (Å²) in [6.45, 7) is 2.87. The van der Waals surface area contributed by atoms with Crippen molar-refractivity contribution >= 4 is 35.0 Å². The second-order valence-electron chi connectivity index (χ2n) is 6.42. The molecule has 2 aromatic rings. The van der Waals surface area contributed by atoms with E-state index in [4.69, 9.17) is 11.6 Å². The number of piperazine rings is 1. The fourth-order valence-corrected chi connectivity index (χ4v) is 4.17. The van der Waals surface area contributed by atoms with Crippen molar-refractivity contribution in [1.82, 2.24) is 9.80 Å². The number of carbonyl (C=O) groups is 1. The molecule has 0 aliphatic carbocycles. The lowest BCUT2D eigenvalue weighted by Crippen LogP contribution is -2.47. The molecule has 1 fully saturated rings. The first kappa shape index (κ1) is 19.7. The van der Waals surface area contributed by atoms with Gasteiger partial charge in [-0.3, -0.25) is 14.9 Å². The van der Waals surface area contributed by atoms with Gasteiger partial charge in [-0.25, -0.2) is 0 Å². The van der Waals surface area contributed by atoms with Crippen LogP contribution in [0.1, 0.15) is 15.9 Å². The van der Waals surface area contributed by atoms with E-state index in [1.54, 1.807) is 23.1 Å². The van der Waals surface area contributed by atoms with Crippen LogP contribution < -0.4 is 0 Å². The third kappa shape index (κ3) is 4.80. The van der Waals surface area contributed by atoms with Crippen molar-refractivity contribution in [1.29, 1.82) is 0 Å². The van der Waals surface area contributed by atoms with Gasteiger partial charge < -0.3 is 9.80 Å². The van der Waals surface area contributed by atoms with E-state index < -0.39 is 4.92 Å². The molecular weight excluding hydrogens is 386 g/mol. The Morgan fingerprint density at radius 1 is 1.19 bits per heavy atom. The van der Waals surface area contributed by atoms with E-state index in [1.165, 1.54) is 17.8 Å². The molecule has 1 heterocycles. The van der Waals surface area contributed by atoms with Gasteiger partial charge in [-0.1, -0.05) is 29.8 Å². The molecule has 1 saturated heterocycles. The third-order valence-corrected chi connectivity index (χ3v) is 6.01. The molecule has 1 aliphatic heterocycles. The summed E-state index contributed by atoms with van der Waals surface area (Å²) < 4.78 is 0. The van der Waals surface area contributed by atoms with Gasteiger partial charge in [0.15, 0.2) is 0 Å². The van der Waals surface area contributed by atoms with E-state index in [0.717, 1.165) is 18.7 Å². The first-order valence-electron chi connectivity index (χ1n) is 8.58. The lowest BCUT2D eigenvalue weighted by molar-refractivity contribution is -0.387. The molecule has 1 amide bonds. The van der Waals surface area contributed by atoms with E-state index in [-0.39, 0.29) is 11.6 Å². The van der Waals surface area contributed by atoms with Gasteiger partial charge in [-0.15, -0.1) is 11.8 Å². The van der Waals surface area contributed by atoms with E-state index in [0.29, 0.717) is 34.3 Å². The minimum atomic E-state index is -0.435. The number of thioether (sulfide) groups is 1. The van der Waals surface area contributed by atoms with E-state index in [9.17, 15) is 14.9 Å². The summed E-state index contributed by atoms with van der Waals surface area (Å²) in [7, 11) is 2.01. The number of hydrogen-bond acceptors (Lipinski definition) is 5. The predicted molar refractivity (Wildman–Crippen MR) is 108 cm³/mol. The number of halogens is 1. The topological polar surface area (TPSA) is 66.7 Å². The Labute approximate surface area is 167 Å². The smallest absolute Gasteiger partial charge is 0.283 e. The number of nitro groups is 1. The van der Waals surface area contributed by atoms with Crippen LogP contribution in [0.15, 0.2) is 47.4 Å². The van der Waals surface area contributed by atoms with Crippen molar-refractivity contribution in [3.63, 3.8) is 0 Å². The average Bonchev–Trinajstić information content (AvgIpc) is 2.67. The SMILES string of the molecule is CN1CCN(C(=O)c2ccc(SCc3ccccc3Cl)c([N+](=O)[O-])c2)CC1. The highest BCUT2D eigenvalue weighted by Crippen LogP contribution is 2.34. The number of rotatable bonds is 5. The summed E-state index contributed by atoms with van der Waals surface area (Å²) in [5.74, 6) is 0.362. The van der Waals surface area contributed by atoms with E-state index in [1.807, 2.05) is 25.2 Å². The zero-order chi connectivity index (χ0) is 19.4. The molecule has 6 nitrogen and oxygen atoms in total. The predicted octanol–water partition coefficient (Wildman–Crippen LogP) is 3.93. The summed E-state index contributed by atoms with van der Waals surface area (Å²) >= 11 is 7.50. The van der Waals surface area contributed by atoms with Crippen molar-refractivity contribution < 1.29 is 9.72 Å². The Balaban J connectivity index is 1.77. The Morgan fingerprint density at radius 2 is 1.89 bits per heavy atom. The fourth-order valence-electron chi connectivity index (χ4n) is 2.88. The monoisotopic (exact) mass is 405 g/mol. The number of carbonyl (C=O) groups excluding carboxylic acids is 1. The van der Waals surface area contributed by atoms with Gasteiger partial charge in [0.05, 0.1) is 9.82 Å². The third-order valence-electron chi connectivity index (χ3n) is 4.53. The van der Waals surface area contributed by atoms with Crippen molar-refractivity contribution in [3.8, 4) is 0 Å². The zero-order valence-corrected chi connectivity index (χ0v) is 16.5. The van der Waals surface area contributed by atoms with Crippen LogP contribution in [0.3, 0.4) is 0 Å². The Bertz CT molecular complexity index is 854. The molecule has 27 heavy (non-hydrogen) atoms. The molecule has 0 spiro atoms. The average molecular weight is 406 g/mol. The van der Waals surface area contributed by atoms with E-state index in [2.05, 4.69) is 4.90 Å². The van der Waals surface area contributed by atoms with Crippen LogP contribution in [-0.4, -0.2) is 53.9 Å². The minimum absolute atomic E-state index is 0.0490. The molecule has 0 atom stereocenters. The molecule has 0 unspecified atom stereocenters. The number of nitrogens with zero attached hydrogens (tertiary/aromatic N) is 3. The highest BCUT2D eigenvalue weighted by atomic mass is 35.5. The van der Waals surface area contributed by atoms with Crippen LogP contribution in [0.4, 0.5) is 5.69 Å². The van der Waals surface area contributed by atoms with Crippen molar-refractivity contribution in [2.45, 2.75) is 10.6 Å². The van der Waals surface area contributed by atoms with Gasteiger partial charge in [-0.05, 0) is 30.8 Å². The summed E-state index contributed by atoms with van der Waals surface area (Å²) in [4.78, 5) is 28.2. The van der Waals surface area contributed by atoms with E-state index >= 15 is 0 Å². The standard InChI is InChI=1S/C19H20ClN3O3S/c1-21-8-10-22(11-9-21)19(24)14-6-7-18(17(12-14)23(25)26)27-13-15-4-2-3-5-16(15)20/h2-7,12H,8-11,13H2,1H3. The fraction of sp³-hybridized carbons (Fsp3) is 0.316. The van der Waals surface area contributed by atoms with Crippen LogP contribution in [0, 0.1) is 10.1 Å². The second kappa shape index (κ2) is 8.73. The van der Waals surface area contributed by atoms with Gasteiger partial charge in [0.1, 0.15) is 0 Å². The molecule has 0 aromatic heterocycles. The number of benzene rings is 2. The number of likely N-dealkylation sites (N-methyl/N-ethyl adjacent to an activating group) is 1. The molecule has 8 heteroatoms. The normalized spacial score (nSPS) is 15.0. The molecule has 1 aliphatic rings.